The maximum absolute atomic E-state index is 10.8. The lowest BCUT2D eigenvalue weighted by Gasteiger charge is -2.33. The molecular weight excluding hydrogens is 222 g/mol. The van der Waals surface area contributed by atoms with Gasteiger partial charge < -0.3 is 15.2 Å². The fourth-order valence-electron chi connectivity index (χ4n) is 2.03. The molecule has 1 aromatic heterocycles. The number of hydrogen-bond donors (Lipinski definition) is 1. The molecule has 1 saturated carbocycles. The van der Waals surface area contributed by atoms with Gasteiger partial charge in [0, 0.05) is 5.41 Å². The second kappa shape index (κ2) is 3.80. The average molecular weight is 239 g/mol. The van der Waals surface area contributed by atoms with Crippen molar-refractivity contribution < 1.29 is 10.0 Å². The minimum Gasteiger partial charge on any atom is -0.391 e. The molecule has 1 fully saturated rings. The Hall–Kier alpha value is -1.43. The van der Waals surface area contributed by atoms with Crippen LogP contribution in [-0.2, 0) is 5.41 Å². The summed E-state index contributed by atoms with van der Waals surface area (Å²) in [5, 5.41) is 24.4. The molecule has 0 saturated heterocycles. The fraction of sp³-hybridized carbons (Fsp3) is 0.727. The van der Waals surface area contributed by atoms with Gasteiger partial charge in [-0.2, -0.15) is 4.68 Å². The maximum Gasteiger partial charge on any atom is 0.390 e. The number of aromatic nitrogens is 2. The first-order chi connectivity index (χ1) is 7.80. The topological polar surface area (TPSA) is 81.2 Å². The molecule has 94 valence electrons. The van der Waals surface area contributed by atoms with Gasteiger partial charge in [-0.1, -0.05) is 20.8 Å². The minimum absolute atomic E-state index is 0.113. The largest absolute Gasteiger partial charge is 0.391 e. The van der Waals surface area contributed by atoms with Crippen LogP contribution in [0.5, 0.6) is 0 Å². The zero-order valence-corrected chi connectivity index (χ0v) is 10.3. The average Bonchev–Trinajstić information content (AvgIpc) is 2.59. The molecule has 0 amide bonds. The summed E-state index contributed by atoms with van der Waals surface area (Å²) >= 11 is 0. The van der Waals surface area contributed by atoms with Gasteiger partial charge in [-0.25, -0.2) is 0 Å². The van der Waals surface area contributed by atoms with Crippen LogP contribution in [0.3, 0.4) is 0 Å². The van der Waals surface area contributed by atoms with Gasteiger partial charge in [0.2, 0.25) is 0 Å². The highest BCUT2D eigenvalue weighted by Crippen LogP contribution is 2.37. The summed E-state index contributed by atoms with van der Waals surface area (Å²) in [4.78, 5) is 10.3. The molecule has 1 aliphatic carbocycles. The Balaban J connectivity index is 2.45. The van der Waals surface area contributed by atoms with Gasteiger partial charge in [-0.3, -0.25) is 0 Å². The summed E-state index contributed by atoms with van der Waals surface area (Å²) < 4.78 is 1.63. The van der Waals surface area contributed by atoms with Crippen LogP contribution in [0.25, 0.3) is 0 Å². The number of aliphatic hydroxyl groups excluding tert-OH is 1. The van der Waals surface area contributed by atoms with E-state index >= 15 is 0 Å². The third-order valence-corrected chi connectivity index (χ3v) is 3.19. The van der Waals surface area contributed by atoms with Gasteiger partial charge in [0.05, 0.1) is 29.0 Å². The summed E-state index contributed by atoms with van der Waals surface area (Å²) in [6, 6.07) is 1.39. The molecule has 1 unspecified atom stereocenters. The Kier molecular flexibility index (Phi) is 2.69. The van der Waals surface area contributed by atoms with Crippen LogP contribution in [0, 0.1) is 10.1 Å². The molecule has 2 rings (SSSR count). The predicted octanol–water partition coefficient (Wildman–Crippen LogP) is 1.78. The molecule has 0 aliphatic heterocycles. The second-order valence-corrected chi connectivity index (χ2v) is 5.55. The monoisotopic (exact) mass is 239 g/mol. The predicted molar refractivity (Wildman–Crippen MR) is 61.9 cm³/mol. The van der Waals surface area contributed by atoms with Crippen molar-refractivity contribution in [3.8, 4) is 0 Å². The molecule has 6 heteroatoms. The van der Waals surface area contributed by atoms with E-state index in [0.29, 0.717) is 0 Å². The Morgan fingerprint density at radius 2 is 2.18 bits per heavy atom. The summed E-state index contributed by atoms with van der Waals surface area (Å²) in [6.45, 7) is 5.94. The number of aliphatic hydroxyl groups is 1. The van der Waals surface area contributed by atoms with E-state index in [4.69, 9.17) is 0 Å². The third-order valence-electron chi connectivity index (χ3n) is 3.19. The highest BCUT2D eigenvalue weighted by molar-refractivity contribution is 5.27. The molecule has 0 bridgehead atoms. The highest BCUT2D eigenvalue weighted by Gasteiger charge is 2.38. The summed E-state index contributed by atoms with van der Waals surface area (Å²) in [6.07, 6.45) is 1.13. The molecule has 0 spiro atoms. The second-order valence-electron chi connectivity index (χ2n) is 5.55. The molecule has 0 aromatic carbocycles. The van der Waals surface area contributed by atoms with Gasteiger partial charge in [0.1, 0.15) is 0 Å². The number of nitrogens with zero attached hydrogens (tertiary/aromatic N) is 3. The van der Waals surface area contributed by atoms with Gasteiger partial charge in [-0.15, -0.1) is 0 Å². The lowest BCUT2D eigenvalue weighted by Crippen LogP contribution is -2.37. The molecule has 6 nitrogen and oxygen atoms in total. The van der Waals surface area contributed by atoms with E-state index in [1.807, 2.05) is 20.8 Å². The van der Waals surface area contributed by atoms with Gasteiger partial charge >= 0.3 is 5.82 Å². The zero-order chi connectivity index (χ0) is 12.8. The van der Waals surface area contributed by atoms with E-state index < -0.39 is 11.0 Å². The molecule has 0 radical (unpaired) electrons. The maximum atomic E-state index is 10.8. The van der Waals surface area contributed by atoms with Crippen LogP contribution in [0.1, 0.15) is 45.3 Å². The van der Waals surface area contributed by atoms with Crippen LogP contribution in [0.4, 0.5) is 5.82 Å². The summed E-state index contributed by atoms with van der Waals surface area (Å²) in [5.41, 5.74) is 0.573. The standard InChI is InChI=1S/C11H17N3O3/c1-11(2,3)9-6-10(14(16)17)12-13(9)7-4-5-8(7)15/h6-8,15H,4-5H2,1-3H3/t7?,8-/m1/s1. The summed E-state index contributed by atoms with van der Waals surface area (Å²) in [7, 11) is 0. The highest BCUT2D eigenvalue weighted by atomic mass is 16.6. The van der Waals surface area contributed by atoms with E-state index in [2.05, 4.69) is 5.10 Å². The van der Waals surface area contributed by atoms with Crippen molar-refractivity contribution in [2.75, 3.05) is 0 Å². The quantitative estimate of drug-likeness (QED) is 0.630. The first-order valence-electron chi connectivity index (χ1n) is 5.73. The van der Waals surface area contributed by atoms with E-state index in [-0.39, 0.29) is 17.3 Å². The third kappa shape index (κ3) is 2.04. The van der Waals surface area contributed by atoms with E-state index in [9.17, 15) is 15.2 Å². The number of nitro groups is 1. The molecule has 17 heavy (non-hydrogen) atoms. The molecule has 1 aliphatic rings. The molecule has 1 N–H and O–H groups in total. The van der Waals surface area contributed by atoms with E-state index in [1.54, 1.807) is 4.68 Å². The van der Waals surface area contributed by atoms with E-state index in [0.717, 1.165) is 18.5 Å². The van der Waals surface area contributed by atoms with E-state index in [1.165, 1.54) is 6.07 Å². The van der Waals surface area contributed by atoms with Crippen molar-refractivity contribution in [2.45, 2.75) is 51.2 Å². The fourth-order valence-corrected chi connectivity index (χ4v) is 2.03. The zero-order valence-electron chi connectivity index (χ0n) is 10.3. The normalized spacial score (nSPS) is 24.5. The Labute approximate surface area is 99.4 Å². The van der Waals surface area contributed by atoms with Crippen molar-refractivity contribution in [3.63, 3.8) is 0 Å². The Bertz CT molecular complexity index is 447. The van der Waals surface area contributed by atoms with Gasteiger partial charge in [-0.05, 0) is 17.8 Å². The summed E-state index contributed by atoms with van der Waals surface area (Å²) in [5.74, 6) is -0.144. The minimum atomic E-state index is -0.489. The van der Waals surface area contributed by atoms with Crippen LogP contribution >= 0.6 is 0 Å². The van der Waals surface area contributed by atoms with Crippen molar-refractivity contribution in [3.05, 3.63) is 21.9 Å². The van der Waals surface area contributed by atoms with Crippen molar-refractivity contribution in [1.82, 2.24) is 9.78 Å². The number of rotatable bonds is 2. The Morgan fingerprint density at radius 3 is 2.53 bits per heavy atom. The molecule has 2 atom stereocenters. The van der Waals surface area contributed by atoms with Crippen molar-refractivity contribution in [2.24, 2.45) is 0 Å². The molecule has 1 aromatic rings. The first kappa shape index (κ1) is 12.0. The molecular formula is C11H17N3O3. The van der Waals surface area contributed by atoms with Crippen LogP contribution in [-0.4, -0.2) is 25.9 Å². The van der Waals surface area contributed by atoms with Crippen LogP contribution in [0.15, 0.2) is 6.07 Å². The lowest BCUT2D eigenvalue weighted by molar-refractivity contribution is -0.389. The number of hydrogen-bond acceptors (Lipinski definition) is 4. The molecule has 1 heterocycles. The van der Waals surface area contributed by atoms with Crippen LogP contribution < -0.4 is 0 Å². The van der Waals surface area contributed by atoms with Crippen molar-refractivity contribution >= 4 is 5.82 Å². The van der Waals surface area contributed by atoms with Gasteiger partial charge in [0.25, 0.3) is 0 Å². The lowest BCUT2D eigenvalue weighted by atomic mass is 9.86. The van der Waals surface area contributed by atoms with Crippen molar-refractivity contribution in [1.29, 1.82) is 0 Å². The first-order valence-corrected chi connectivity index (χ1v) is 5.73. The smallest absolute Gasteiger partial charge is 0.390 e. The SMILES string of the molecule is CC(C)(C)c1cc([N+](=O)[O-])nn1C1CC[C@H]1O. The Morgan fingerprint density at radius 1 is 1.53 bits per heavy atom. The van der Waals surface area contributed by atoms with Crippen LogP contribution in [0.2, 0.25) is 0 Å². The van der Waals surface area contributed by atoms with Gasteiger partial charge in [0.15, 0.2) is 0 Å².